The van der Waals surface area contributed by atoms with Crippen molar-refractivity contribution in [1.29, 1.82) is 0 Å². The standard InChI is InChI=1S/C28H36N4O/c1-31-19-25(17-29-31)24-16-27(28(33)32(20-24)18-21-8-4-2-5-9-21)30-26-14-12-23(13-15-26)22-10-6-3-7-11-22/h3,6-7,10-11,16-17,19-21,23,26,30H,2,4-5,8-9,12-15,18H2,1H3/t23-,26+. The van der Waals surface area contributed by atoms with E-state index in [1.54, 1.807) is 0 Å². The molecule has 0 spiro atoms. The van der Waals surface area contributed by atoms with Crippen LogP contribution < -0.4 is 10.9 Å². The molecule has 2 aliphatic carbocycles. The van der Waals surface area contributed by atoms with Gasteiger partial charge in [0.1, 0.15) is 5.69 Å². The van der Waals surface area contributed by atoms with Gasteiger partial charge in [-0.05, 0) is 62.0 Å². The molecule has 1 aromatic carbocycles. The molecule has 0 radical (unpaired) electrons. The summed E-state index contributed by atoms with van der Waals surface area (Å²) in [5.74, 6) is 1.24. The quantitative estimate of drug-likeness (QED) is 0.510. The Balaban J connectivity index is 1.35. The van der Waals surface area contributed by atoms with Crippen LogP contribution in [0.25, 0.3) is 11.1 Å². The van der Waals surface area contributed by atoms with Gasteiger partial charge in [-0.25, -0.2) is 0 Å². The molecule has 33 heavy (non-hydrogen) atoms. The summed E-state index contributed by atoms with van der Waals surface area (Å²) in [7, 11) is 1.94. The lowest BCUT2D eigenvalue weighted by Crippen LogP contribution is -2.32. The molecule has 0 atom stereocenters. The third kappa shape index (κ3) is 5.23. The van der Waals surface area contributed by atoms with Gasteiger partial charge in [0.2, 0.25) is 0 Å². The van der Waals surface area contributed by atoms with Crippen molar-refractivity contribution < 1.29 is 0 Å². The van der Waals surface area contributed by atoms with Gasteiger partial charge in [0, 0.05) is 43.2 Å². The summed E-state index contributed by atoms with van der Waals surface area (Å²) in [6, 6.07) is 13.3. The van der Waals surface area contributed by atoms with Crippen LogP contribution in [0.1, 0.15) is 69.3 Å². The van der Waals surface area contributed by atoms with E-state index >= 15 is 0 Å². The maximum absolute atomic E-state index is 13.5. The van der Waals surface area contributed by atoms with Crippen LogP contribution in [0.5, 0.6) is 0 Å². The van der Waals surface area contributed by atoms with Crippen molar-refractivity contribution in [3.05, 3.63) is 70.9 Å². The molecule has 0 unspecified atom stereocenters. The predicted octanol–water partition coefficient (Wildman–Crippen LogP) is 5.97. The van der Waals surface area contributed by atoms with E-state index in [9.17, 15) is 4.79 Å². The average Bonchev–Trinajstić information content (AvgIpc) is 3.29. The van der Waals surface area contributed by atoms with Crippen molar-refractivity contribution in [3.63, 3.8) is 0 Å². The highest BCUT2D eigenvalue weighted by atomic mass is 16.1. The maximum atomic E-state index is 13.5. The van der Waals surface area contributed by atoms with E-state index < -0.39 is 0 Å². The van der Waals surface area contributed by atoms with Gasteiger partial charge >= 0.3 is 0 Å². The maximum Gasteiger partial charge on any atom is 0.273 e. The number of hydrogen-bond donors (Lipinski definition) is 1. The fourth-order valence-corrected chi connectivity index (χ4v) is 5.77. The zero-order chi connectivity index (χ0) is 22.6. The van der Waals surface area contributed by atoms with Crippen LogP contribution in [0, 0.1) is 5.92 Å². The van der Waals surface area contributed by atoms with E-state index in [0.29, 0.717) is 17.9 Å². The van der Waals surface area contributed by atoms with Gasteiger partial charge in [0.05, 0.1) is 6.20 Å². The molecule has 5 rings (SSSR count). The molecule has 2 saturated carbocycles. The molecule has 0 saturated heterocycles. The van der Waals surface area contributed by atoms with Crippen molar-refractivity contribution in [2.45, 2.75) is 76.3 Å². The minimum absolute atomic E-state index is 0.124. The molecule has 1 N–H and O–H groups in total. The number of benzene rings is 1. The summed E-state index contributed by atoms with van der Waals surface area (Å²) in [6.07, 6.45) is 16.9. The van der Waals surface area contributed by atoms with E-state index in [4.69, 9.17) is 0 Å². The van der Waals surface area contributed by atoms with E-state index in [-0.39, 0.29) is 5.56 Å². The number of nitrogens with zero attached hydrogens (tertiary/aromatic N) is 3. The summed E-state index contributed by atoms with van der Waals surface area (Å²) in [4.78, 5) is 13.5. The van der Waals surface area contributed by atoms with Crippen molar-refractivity contribution in [1.82, 2.24) is 14.3 Å². The third-order valence-corrected chi connectivity index (χ3v) is 7.66. The lowest BCUT2D eigenvalue weighted by Gasteiger charge is -2.30. The normalized spacial score (nSPS) is 21.7. The van der Waals surface area contributed by atoms with E-state index in [1.807, 2.05) is 41.0 Å². The Morgan fingerprint density at radius 1 is 0.939 bits per heavy atom. The number of aromatic nitrogens is 3. The highest BCUT2D eigenvalue weighted by molar-refractivity contribution is 5.65. The molecule has 3 aromatic rings. The monoisotopic (exact) mass is 444 g/mol. The minimum atomic E-state index is 0.124. The number of hydrogen-bond acceptors (Lipinski definition) is 3. The largest absolute Gasteiger partial charge is 0.378 e. The second kappa shape index (κ2) is 9.98. The first kappa shape index (κ1) is 22.0. The summed E-state index contributed by atoms with van der Waals surface area (Å²) in [5.41, 5.74) is 4.45. The third-order valence-electron chi connectivity index (χ3n) is 7.66. The van der Waals surface area contributed by atoms with E-state index in [2.05, 4.69) is 40.7 Å². The lowest BCUT2D eigenvalue weighted by atomic mass is 9.82. The molecule has 174 valence electrons. The Bertz CT molecular complexity index is 1100. The van der Waals surface area contributed by atoms with Crippen molar-refractivity contribution >= 4 is 5.69 Å². The van der Waals surface area contributed by atoms with Crippen LogP contribution in [-0.2, 0) is 13.6 Å². The van der Waals surface area contributed by atoms with Gasteiger partial charge in [-0.1, -0.05) is 49.6 Å². The van der Waals surface area contributed by atoms with Crippen LogP contribution in [0.15, 0.2) is 59.8 Å². The number of nitrogens with one attached hydrogen (secondary N) is 1. The van der Waals surface area contributed by atoms with E-state index in [1.165, 1.54) is 50.5 Å². The van der Waals surface area contributed by atoms with Crippen molar-refractivity contribution in [3.8, 4) is 11.1 Å². The van der Waals surface area contributed by atoms with E-state index in [0.717, 1.165) is 36.2 Å². The second-order valence-electron chi connectivity index (χ2n) is 10.1. The summed E-state index contributed by atoms with van der Waals surface area (Å²) in [6.45, 7) is 0.822. The molecule has 2 aromatic heterocycles. The van der Waals surface area contributed by atoms with Gasteiger partial charge in [-0.15, -0.1) is 0 Å². The highest BCUT2D eigenvalue weighted by Crippen LogP contribution is 2.34. The molecule has 2 aliphatic rings. The minimum Gasteiger partial charge on any atom is -0.378 e. The van der Waals surface area contributed by atoms with Crippen LogP contribution in [0.3, 0.4) is 0 Å². The molecule has 0 amide bonds. The van der Waals surface area contributed by atoms with Crippen LogP contribution in [0.4, 0.5) is 5.69 Å². The topological polar surface area (TPSA) is 51.9 Å². The number of aryl methyl sites for hydroxylation is 1. The SMILES string of the molecule is Cn1cc(-c2cc(N[C@H]3CC[C@@H](c4ccccc4)CC3)c(=O)n(CC3CCCCC3)c2)cn1. The number of anilines is 1. The fourth-order valence-electron chi connectivity index (χ4n) is 5.77. The van der Waals surface area contributed by atoms with Crippen molar-refractivity contribution in [2.75, 3.05) is 5.32 Å². The molecule has 0 bridgehead atoms. The first-order valence-corrected chi connectivity index (χ1v) is 12.7. The number of rotatable bonds is 6. The first-order chi connectivity index (χ1) is 16.2. The summed E-state index contributed by atoms with van der Waals surface area (Å²) < 4.78 is 3.79. The van der Waals surface area contributed by atoms with Gasteiger partial charge in [-0.3, -0.25) is 9.48 Å². The second-order valence-corrected chi connectivity index (χ2v) is 10.1. The Kier molecular flexibility index (Phi) is 6.65. The zero-order valence-corrected chi connectivity index (χ0v) is 19.7. The smallest absolute Gasteiger partial charge is 0.273 e. The fraction of sp³-hybridized carbons (Fsp3) is 0.500. The van der Waals surface area contributed by atoms with Gasteiger partial charge in [0.25, 0.3) is 5.56 Å². The average molecular weight is 445 g/mol. The molecule has 2 fully saturated rings. The predicted molar refractivity (Wildman–Crippen MR) is 135 cm³/mol. The summed E-state index contributed by atoms with van der Waals surface area (Å²) in [5, 5.41) is 8.01. The van der Waals surface area contributed by atoms with Gasteiger partial charge in [0.15, 0.2) is 0 Å². The van der Waals surface area contributed by atoms with Crippen molar-refractivity contribution in [2.24, 2.45) is 13.0 Å². The Labute approximate surface area is 196 Å². The van der Waals surface area contributed by atoms with Gasteiger partial charge < -0.3 is 9.88 Å². The first-order valence-electron chi connectivity index (χ1n) is 12.7. The van der Waals surface area contributed by atoms with Crippen LogP contribution >= 0.6 is 0 Å². The Hall–Kier alpha value is -2.82. The molecule has 0 aliphatic heterocycles. The number of pyridine rings is 1. The van der Waals surface area contributed by atoms with Crippen LogP contribution in [-0.4, -0.2) is 20.4 Å². The van der Waals surface area contributed by atoms with Crippen LogP contribution in [0.2, 0.25) is 0 Å². The lowest BCUT2D eigenvalue weighted by molar-refractivity contribution is 0.316. The Morgan fingerprint density at radius 2 is 1.70 bits per heavy atom. The molecular weight excluding hydrogens is 408 g/mol. The highest BCUT2D eigenvalue weighted by Gasteiger charge is 2.24. The molecule has 5 nitrogen and oxygen atoms in total. The summed E-state index contributed by atoms with van der Waals surface area (Å²) >= 11 is 0. The molecule has 5 heteroatoms. The zero-order valence-electron chi connectivity index (χ0n) is 19.7. The Morgan fingerprint density at radius 3 is 2.39 bits per heavy atom. The van der Waals surface area contributed by atoms with Gasteiger partial charge in [-0.2, -0.15) is 5.10 Å². The molecule has 2 heterocycles. The molecular formula is C28H36N4O.